The molecule has 1 saturated heterocycles. The van der Waals surface area contributed by atoms with Crippen LogP contribution < -0.4 is 20.9 Å². The molecule has 1 aromatic carbocycles. The molecule has 1 atom stereocenters. The lowest BCUT2D eigenvalue weighted by Crippen LogP contribution is -2.50. The Balaban J connectivity index is 1.80. The molecule has 0 radical (unpaired) electrons. The molecule has 4 N–H and O–H groups in total. The van der Waals surface area contributed by atoms with Gasteiger partial charge in [0, 0.05) is 51.9 Å². The molecule has 2 aliphatic rings. The van der Waals surface area contributed by atoms with Gasteiger partial charge in [0.2, 0.25) is 6.79 Å². The van der Waals surface area contributed by atoms with E-state index in [1.54, 1.807) is 0 Å². The summed E-state index contributed by atoms with van der Waals surface area (Å²) < 4.78 is 10.9. The lowest BCUT2D eigenvalue weighted by atomic mass is 10.0. The Morgan fingerprint density at radius 3 is 2.67 bits per heavy atom. The van der Waals surface area contributed by atoms with Crippen LogP contribution in [0, 0.1) is 0 Å². The molecule has 116 valence electrons. The highest BCUT2D eigenvalue weighted by Gasteiger charge is 2.28. The molecule has 0 bridgehead atoms. The van der Waals surface area contributed by atoms with Gasteiger partial charge in [-0.1, -0.05) is 6.07 Å². The maximum atomic E-state index is 5.76. The topological polar surface area (TPSA) is 77.0 Å². The summed E-state index contributed by atoms with van der Waals surface area (Å²) in [6.45, 7) is 6.61. The minimum atomic E-state index is 0.315. The fourth-order valence-electron chi connectivity index (χ4n) is 3.13. The third-order valence-electron chi connectivity index (χ3n) is 4.22. The van der Waals surface area contributed by atoms with Gasteiger partial charge in [0.1, 0.15) is 0 Å². The van der Waals surface area contributed by atoms with Crippen molar-refractivity contribution < 1.29 is 9.47 Å². The molecule has 6 nitrogen and oxygen atoms in total. The Morgan fingerprint density at radius 2 is 1.86 bits per heavy atom. The van der Waals surface area contributed by atoms with Crippen molar-refractivity contribution in [2.45, 2.75) is 6.04 Å². The summed E-state index contributed by atoms with van der Waals surface area (Å²) in [5.41, 5.74) is 12.7. The largest absolute Gasteiger partial charge is 0.454 e. The van der Waals surface area contributed by atoms with E-state index in [0.29, 0.717) is 25.9 Å². The van der Waals surface area contributed by atoms with Crippen LogP contribution in [0.2, 0.25) is 0 Å². The Labute approximate surface area is 125 Å². The monoisotopic (exact) mass is 292 g/mol. The summed E-state index contributed by atoms with van der Waals surface area (Å²) in [7, 11) is 0. The summed E-state index contributed by atoms with van der Waals surface area (Å²) in [5, 5.41) is 0. The van der Waals surface area contributed by atoms with E-state index in [0.717, 1.165) is 44.2 Å². The first-order chi connectivity index (χ1) is 10.3. The molecule has 21 heavy (non-hydrogen) atoms. The van der Waals surface area contributed by atoms with E-state index in [1.807, 2.05) is 6.07 Å². The number of piperazine rings is 1. The van der Waals surface area contributed by atoms with Crippen LogP contribution in [0.4, 0.5) is 0 Å². The van der Waals surface area contributed by atoms with Crippen molar-refractivity contribution >= 4 is 0 Å². The fraction of sp³-hybridized carbons (Fsp3) is 0.600. The van der Waals surface area contributed by atoms with Gasteiger partial charge in [0.05, 0.1) is 0 Å². The minimum Gasteiger partial charge on any atom is -0.454 e. The van der Waals surface area contributed by atoms with Crippen LogP contribution >= 0.6 is 0 Å². The first-order valence-electron chi connectivity index (χ1n) is 7.58. The maximum absolute atomic E-state index is 5.76. The summed E-state index contributed by atoms with van der Waals surface area (Å²) in [4.78, 5) is 4.87. The van der Waals surface area contributed by atoms with E-state index < -0.39 is 0 Å². The number of nitrogens with two attached hydrogens (primary N) is 2. The van der Waals surface area contributed by atoms with Gasteiger partial charge >= 0.3 is 0 Å². The molecule has 0 saturated carbocycles. The minimum absolute atomic E-state index is 0.315. The highest BCUT2D eigenvalue weighted by atomic mass is 16.7. The Hall–Kier alpha value is -1.34. The Morgan fingerprint density at radius 1 is 1.05 bits per heavy atom. The Kier molecular flexibility index (Phi) is 4.60. The van der Waals surface area contributed by atoms with Crippen LogP contribution in [0.15, 0.2) is 18.2 Å². The van der Waals surface area contributed by atoms with Crippen LogP contribution in [-0.2, 0) is 0 Å². The van der Waals surface area contributed by atoms with Crippen LogP contribution in [0.5, 0.6) is 11.5 Å². The molecule has 1 fully saturated rings. The van der Waals surface area contributed by atoms with Crippen LogP contribution in [0.3, 0.4) is 0 Å². The van der Waals surface area contributed by atoms with Gasteiger partial charge in [-0.2, -0.15) is 0 Å². The van der Waals surface area contributed by atoms with E-state index in [1.165, 1.54) is 5.56 Å². The van der Waals surface area contributed by atoms with Crippen molar-refractivity contribution in [3.05, 3.63) is 23.8 Å². The second-order valence-electron chi connectivity index (χ2n) is 5.54. The lowest BCUT2D eigenvalue weighted by Gasteiger charge is -2.41. The number of hydrogen-bond donors (Lipinski definition) is 2. The number of hydrogen-bond acceptors (Lipinski definition) is 6. The number of rotatable bonds is 5. The normalized spacial score (nSPS) is 22.7. The van der Waals surface area contributed by atoms with Gasteiger partial charge < -0.3 is 20.9 Å². The quantitative estimate of drug-likeness (QED) is 0.795. The average molecular weight is 292 g/mol. The van der Waals surface area contributed by atoms with Crippen LogP contribution in [0.25, 0.3) is 0 Å². The van der Waals surface area contributed by atoms with Crippen molar-refractivity contribution in [3.63, 3.8) is 0 Å². The van der Waals surface area contributed by atoms with Crippen molar-refractivity contribution in [2.24, 2.45) is 11.5 Å². The summed E-state index contributed by atoms with van der Waals surface area (Å²) in [6.07, 6.45) is 0. The number of benzene rings is 1. The average Bonchev–Trinajstić information content (AvgIpc) is 2.97. The fourth-order valence-corrected chi connectivity index (χ4v) is 3.13. The molecule has 0 amide bonds. The van der Waals surface area contributed by atoms with Gasteiger partial charge in [-0.05, 0) is 17.7 Å². The second-order valence-corrected chi connectivity index (χ2v) is 5.54. The van der Waals surface area contributed by atoms with Gasteiger partial charge in [-0.25, -0.2) is 0 Å². The molecule has 2 aliphatic heterocycles. The third kappa shape index (κ3) is 3.13. The van der Waals surface area contributed by atoms with Crippen LogP contribution in [0.1, 0.15) is 11.6 Å². The molecule has 1 aromatic rings. The molecule has 6 heteroatoms. The highest BCUT2D eigenvalue weighted by Crippen LogP contribution is 2.36. The first-order valence-corrected chi connectivity index (χ1v) is 7.58. The SMILES string of the molecule is NCCN1CCN(CCN)C(c2ccc3c(c2)OCO3)C1. The van der Waals surface area contributed by atoms with Crippen molar-refractivity contribution in [3.8, 4) is 11.5 Å². The van der Waals surface area contributed by atoms with E-state index in [-0.39, 0.29) is 0 Å². The zero-order valence-corrected chi connectivity index (χ0v) is 12.3. The zero-order valence-electron chi connectivity index (χ0n) is 12.3. The molecule has 2 heterocycles. The van der Waals surface area contributed by atoms with Gasteiger partial charge in [0.25, 0.3) is 0 Å². The standard InChI is InChI=1S/C15H24N4O2/c16-3-5-18-7-8-19(6-4-17)13(10-18)12-1-2-14-15(9-12)21-11-20-14/h1-2,9,13H,3-8,10-11,16-17H2. The third-order valence-corrected chi connectivity index (χ3v) is 4.22. The highest BCUT2D eigenvalue weighted by molar-refractivity contribution is 5.45. The second kappa shape index (κ2) is 6.62. The van der Waals surface area contributed by atoms with E-state index >= 15 is 0 Å². The van der Waals surface area contributed by atoms with Gasteiger partial charge in [-0.15, -0.1) is 0 Å². The maximum Gasteiger partial charge on any atom is 0.231 e. The molecule has 0 aromatic heterocycles. The van der Waals surface area contributed by atoms with Crippen molar-refractivity contribution in [2.75, 3.05) is 52.6 Å². The summed E-state index contributed by atoms with van der Waals surface area (Å²) in [5.74, 6) is 1.68. The van der Waals surface area contributed by atoms with Gasteiger partial charge in [-0.3, -0.25) is 9.80 Å². The molecular weight excluding hydrogens is 268 g/mol. The summed E-state index contributed by atoms with van der Waals surface area (Å²) in [6, 6.07) is 6.57. The molecule has 1 unspecified atom stereocenters. The number of fused-ring (bicyclic) bond motifs is 1. The summed E-state index contributed by atoms with van der Waals surface area (Å²) >= 11 is 0. The van der Waals surface area contributed by atoms with E-state index in [2.05, 4.69) is 21.9 Å². The molecule has 0 aliphatic carbocycles. The van der Waals surface area contributed by atoms with E-state index in [9.17, 15) is 0 Å². The van der Waals surface area contributed by atoms with Crippen molar-refractivity contribution in [1.29, 1.82) is 0 Å². The zero-order chi connectivity index (χ0) is 14.7. The van der Waals surface area contributed by atoms with Gasteiger partial charge in [0.15, 0.2) is 11.5 Å². The number of nitrogens with zero attached hydrogens (tertiary/aromatic N) is 2. The lowest BCUT2D eigenvalue weighted by molar-refractivity contribution is 0.0783. The predicted octanol–water partition coefficient (Wildman–Crippen LogP) is -0.00860. The predicted molar refractivity (Wildman–Crippen MR) is 81.4 cm³/mol. The molecular formula is C15H24N4O2. The number of ether oxygens (including phenoxy) is 2. The Bertz CT molecular complexity index is 483. The van der Waals surface area contributed by atoms with E-state index in [4.69, 9.17) is 20.9 Å². The smallest absolute Gasteiger partial charge is 0.231 e. The first kappa shape index (κ1) is 14.6. The molecule has 3 rings (SSSR count). The van der Waals surface area contributed by atoms with Crippen LogP contribution in [-0.4, -0.2) is 62.4 Å². The van der Waals surface area contributed by atoms with Crippen molar-refractivity contribution in [1.82, 2.24) is 9.80 Å². The molecule has 0 spiro atoms.